The van der Waals surface area contributed by atoms with Crippen molar-refractivity contribution in [2.75, 3.05) is 16.4 Å². The highest BCUT2D eigenvalue weighted by molar-refractivity contribution is 8.00. The molecule has 0 saturated carbocycles. The zero-order valence-corrected chi connectivity index (χ0v) is 16.0. The number of benzene rings is 2. The zero-order chi connectivity index (χ0) is 19.6. The molecule has 2 amide bonds. The fourth-order valence-electron chi connectivity index (χ4n) is 2.62. The van der Waals surface area contributed by atoms with Gasteiger partial charge < -0.3 is 10.6 Å². The van der Waals surface area contributed by atoms with Crippen LogP contribution >= 0.6 is 11.8 Å². The number of hydrogen-bond acceptors (Lipinski definition) is 5. The van der Waals surface area contributed by atoms with Crippen LogP contribution < -0.4 is 10.6 Å². The molecule has 3 rings (SSSR count). The van der Waals surface area contributed by atoms with Gasteiger partial charge in [0.25, 0.3) is 0 Å². The molecule has 2 aromatic carbocycles. The lowest BCUT2D eigenvalue weighted by atomic mass is 10.2. The molecule has 1 heterocycles. The molecule has 0 bridgehead atoms. The third kappa shape index (κ3) is 4.48. The van der Waals surface area contributed by atoms with Crippen LogP contribution in [0.2, 0.25) is 0 Å². The molecule has 142 valence electrons. The van der Waals surface area contributed by atoms with Crippen LogP contribution in [0, 0.1) is 5.82 Å². The quantitative estimate of drug-likeness (QED) is 0.793. The van der Waals surface area contributed by atoms with E-state index in [1.807, 2.05) is 0 Å². The number of rotatable bonds is 5. The Hall–Kier alpha value is -2.39. The number of anilines is 2. The summed E-state index contributed by atoms with van der Waals surface area (Å²) in [7, 11) is -3.78. The number of amides is 2. The van der Waals surface area contributed by atoms with Gasteiger partial charge in [-0.3, -0.25) is 9.59 Å². The fraction of sp³-hybridized carbons (Fsp3) is 0.222. The first-order valence-electron chi connectivity index (χ1n) is 8.12. The first-order valence-corrected chi connectivity index (χ1v) is 10.6. The Labute approximate surface area is 160 Å². The lowest BCUT2D eigenvalue weighted by Gasteiger charge is -2.18. The molecular weight excluding hydrogens is 391 g/mol. The Balaban J connectivity index is 1.73. The molecule has 2 N–H and O–H groups in total. The molecule has 6 nitrogen and oxygen atoms in total. The summed E-state index contributed by atoms with van der Waals surface area (Å²) in [4.78, 5) is 24.5. The molecule has 2 aromatic rings. The van der Waals surface area contributed by atoms with Crippen LogP contribution in [0.1, 0.15) is 13.3 Å². The Morgan fingerprint density at radius 1 is 1.30 bits per heavy atom. The van der Waals surface area contributed by atoms with Gasteiger partial charge >= 0.3 is 0 Å². The smallest absolute Gasteiger partial charge is 0.234 e. The van der Waals surface area contributed by atoms with Gasteiger partial charge in [0.1, 0.15) is 5.82 Å². The van der Waals surface area contributed by atoms with E-state index in [4.69, 9.17) is 0 Å². The third-order valence-electron chi connectivity index (χ3n) is 4.02. The summed E-state index contributed by atoms with van der Waals surface area (Å²) in [5.41, 5.74) is 0.715. The topological polar surface area (TPSA) is 92.3 Å². The van der Waals surface area contributed by atoms with Crippen molar-refractivity contribution in [2.45, 2.75) is 28.4 Å². The average Bonchev–Trinajstić information content (AvgIpc) is 2.60. The maximum atomic E-state index is 13.2. The highest BCUT2D eigenvalue weighted by Gasteiger charge is 2.27. The van der Waals surface area contributed by atoms with Crippen molar-refractivity contribution >= 4 is 44.8 Å². The van der Waals surface area contributed by atoms with E-state index in [0.717, 1.165) is 11.0 Å². The number of thioether (sulfide) groups is 1. The Morgan fingerprint density at radius 3 is 2.81 bits per heavy atom. The molecule has 0 saturated heterocycles. The molecule has 0 radical (unpaired) electrons. The summed E-state index contributed by atoms with van der Waals surface area (Å²) in [6.45, 7) is 1.44. The van der Waals surface area contributed by atoms with E-state index >= 15 is 0 Å². The van der Waals surface area contributed by atoms with Crippen LogP contribution in [0.25, 0.3) is 0 Å². The summed E-state index contributed by atoms with van der Waals surface area (Å²) < 4.78 is 38.7. The minimum atomic E-state index is -3.78. The van der Waals surface area contributed by atoms with Gasteiger partial charge in [-0.1, -0.05) is 6.07 Å². The van der Waals surface area contributed by atoms with E-state index < -0.39 is 26.8 Å². The van der Waals surface area contributed by atoms with Gasteiger partial charge in [-0.2, -0.15) is 0 Å². The van der Waals surface area contributed by atoms with Crippen molar-refractivity contribution in [3.63, 3.8) is 0 Å². The van der Waals surface area contributed by atoms with E-state index in [-0.39, 0.29) is 28.7 Å². The highest BCUT2D eigenvalue weighted by atomic mass is 32.2. The first-order chi connectivity index (χ1) is 12.8. The van der Waals surface area contributed by atoms with Gasteiger partial charge in [-0.05, 0) is 43.3 Å². The van der Waals surface area contributed by atoms with Crippen molar-refractivity contribution in [3.8, 4) is 0 Å². The summed E-state index contributed by atoms with van der Waals surface area (Å²) in [5.74, 6) is -0.930. The fourth-order valence-corrected chi connectivity index (χ4v) is 4.78. The van der Waals surface area contributed by atoms with Gasteiger partial charge in [0, 0.05) is 17.0 Å². The van der Waals surface area contributed by atoms with Gasteiger partial charge in [0.2, 0.25) is 11.8 Å². The van der Waals surface area contributed by atoms with Crippen molar-refractivity contribution in [2.24, 2.45) is 0 Å². The minimum absolute atomic E-state index is 0.0371. The lowest BCUT2D eigenvalue weighted by Crippen LogP contribution is -2.25. The van der Waals surface area contributed by atoms with Gasteiger partial charge in [0.15, 0.2) is 9.84 Å². The average molecular weight is 408 g/mol. The molecule has 1 aliphatic heterocycles. The van der Waals surface area contributed by atoms with Crippen molar-refractivity contribution < 1.29 is 22.4 Å². The largest absolute Gasteiger partial charge is 0.326 e. The van der Waals surface area contributed by atoms with Gasteiger partial charge in [-0.15, -0.1) is 11.8 Å². The van der Waals surface area contributed by atoms with Crippen LogP contribution in [0.15, 0.2) is 52.3 Å². The molecule has 0 unspecified atom stereocenters. The van der Waals surface area contributed by atoms with Crippen LogP contribution in [-0.4, -0.2) is 31.2 Å². The Bertz CT molecular complexity index is 1010. The summed E-state index contributed by atoms with van der Waals surface area (Å²) in [6, 6.07) is 9.90. The van der Waals surface area contributed by atoms with E-state index in [9.17, 15) is 22.4 Å². The SMILES string of the molecule is C[C@@H](CC(=O)Nc1cccc(F)c1)S(=O)(=O)c1ccc2c(c1)NC(=O)CS2. The second-order valence-corrected chi connectivity index (χ2v) is 9.50. The van der Waals surface area contributed by atoms with E-state index in [1.54, 1.807) is 6.07 Å². The van der Waals surface area contributed by atoms with Crippen molar-refractivity contribution in [3.05, 3.63) is 48.3 Å². The number of sulfone groups is 1. The number of fused-ring (bicyclic) bond motifs is 1. The van der Waals surface area contributed by atoms with Crippen LogP contribution in [0.4, 0.5) is 15.8 Å². The predicted molar refractivity (Wildman–Crippen MR) is 102 cm³/mol. The number of hydrogen-bond donors (Lipinski definition) is 2. The summed E-state index contributed by atoms with van der Waals surface area (Å²) in [5, 5.41) is 4.15. The molecular formula is C18H17FN2O4S2. The minimum Gasteiger partial charge on any atom is -0.326 e. The molecule has 0 spiro atoms. The lowest BCUT2D eigenvalue weighted by molar-refractivity contribution is -0.116. The van der Waals surface area contributed by atoms with Gasteiger partial charge in [0.05, 0.1) is 21.6 Å². The maximum Gasteiger partial charge on any atom is 0.234 e. The molecule has 1 aliphatic rings. The van der Waals surface area contributed by atoms with Gasteiger partial charge in [-0.25, -0.2) is 12.8 Å². The summed E-state index contributed by atoms with van der Waals surface area (Å²) in [6.07, 6.45) is -0.281. The van der Waals surface area contributed by atoms with E-state index in [2.05, 4.69) is 10.6 Å². The second kappa shape index (κ2) is 7.69. The van der Waals surface area contributed by atoms with Crippen LogP contribution in [0.5, 0.6) is 0 Å². The predicted octanol–water partition coefficient (Wildman–Crippen LogP) is 3.06. The molecule has 9 heteroatoms. The monoisotopic (exact) mass is 408 g/mol. The van der Waals surface area contributed by atoms with E-state index in [0.29, 0.717) is 5.69 Å². The zero-order valence-electron chi connectivity index (χ0n) is 14.4. The Morgan fingerprint density at radius 2 is 2.07 bits per heavy atom. The Kier molecular flexibility index (Phi) is 5.52. The molecule has 1 atom stereocenters. The molecule has 0 fully saturated rings. The standard InChI is InChI=1S/C18H17FN2O4S2/c1-11(7-17(22)20-13-4-2-3-12(19)8-13)27(24,25)14-5-6-16-15(9-14)21-18(23)10-26-16/h2-6,8-9,11H,7,10H2,1H3,(H,20,22)(H,21,23)/t11-/m0/s1. The highest BCUT2D eigenvalue weighted by Crippen LogP contribution is 2.34. The van der Waals surface area contributed by atoms with Crippen LogP contribution in [0.3, 0.4) is 0 Å². The molecule has 0 aromatic heterocycles. The normalized spacial score (nSPS) is 14.8. The second-order valence-electron chi connectivity index (χ2n) is 6.11. The van der Waals surface area contributed by atoms with Crippen LogP contribution in [-0.2, 0) is 19.4 Å². The number of halogens is 1. The number of carbonyl (C=O) groups excluding carboxylic acids is 2. The van der Waals surface area contributed by atoms with Crippen molar-refractivity contribution in [1.82, 2.24) is 0 Å². The summed E-state index contributed by atoms with van der Waals surface area (Å²) >= 11 is 1.34. The first kappa shape index (κ1) is 19.4. The molecule has 27 heavy (non-hydrogen) atoms. The third-order valence-corrected chi connectivity index (χ3v) is 7.23. The molecule has 0 aliphatic carbocycles. The maximum absolute atomic E-state index is 13.2. The number of carbonyl (C=O) groups is 2. The van der Waals surface area contributed by atoms with Crippen molar-refractivity contribution in [1.29, 1.82) is 0 Å². The van der Waals surface area contributed by atoms with E-state index in [1.165, 1.54) is 49.0 Å². The number of nitrogens with one attached hydrogen (secondary N) is 2.